The van der Waals surface area contributed by atoms with Crippen molar-refractivity contribution in [3.05, 3.63) is 17.0 Å². The first-order valence-corrected chi connectivity index (χ1v) is 7.38. The summed E-state index contributed by atoms with van der Waals surface area (Å²) in [5.41, 5.74) is -1.10. The van der Waals surface area contributed by atoms with Gasteiger partial charge in [-0.2, -0.15) is 13.2 Å². The zero-order valence-corrected chi connectivity index (χ0v) is 11.9. The van der Waals surface area contributed by atoms with Crippen molar-refractivity contribution in [3.8, 4) is 0 Å². The molecule has 0 spiro atoms. The highest BCUT2D eigenvalue weighted by Gasteiger charge is 2.33. The van der Waals surface area contributed by atoms with Crippen molar-refractivity contribution in [3.63, 3.8) is 0 Å². The second-order valence-electron chi connectivity index (χ2n) is 3.93. The van der Waals surface area contributed by atoms with E-state index in [1.165, 1.54) is 0 Å². The molecule has 1 heterocycles. The number of alkyl halides is 3. The van der Waals surface area contributed by atoms with Gasteiger partial charge in [-0.05, 0) is 18.0 Å². The molecular weight excluding hydrogens is 303 g/mol. The quantitative estimate of drug-likeness (QED) is 0.849. The lowest BCUT2D eigenvalue weighted by atomic mass is 10.3. The van der Waals surface area contributed by atoms with Crippen LogP contribution in [0.15, 0.2) is 6.07 Å². The van der Waals surface area contributed by atoms with Crippen LogP contribution >= 0.6 is 11.6 Å². The van der Waals surface area contributed by atoms with Crippen LogP contribution < -0.4 is 5.32 Å². The Morgan fingerprint density at radius 2 is 2.11 bits per heavy atom. The molecule has 0 bridgehead atoms. The van der Waals surface area contributed by atoms with E-state index < -0.39 is 28.0 Å². The highest BCUT2D eigenvalue weighted by molar-refractivity contribution is 7.84. The van der Waals surface area contributed by atoms with Crippen molar-refractivity contribution in [1.82, 2.24) is 9.97 Å². The largest absolute Gasteiger partial charge is 0.433 e. The minimum Gasteiger partial charge on any atom is -0.370 e. The molecule has 1 aromatic heterocycles. The van der Waals surface area contributed by atoms with E-state index in [-0.39, 0.29) is 11.1 Å². The van der Waals surface area contributed by atoms with Gasteiger partial charge < -0.3 is 5.32 Å². The van der Waals surface area contributed by atoms with Gasteiger partial charge in [0, 0.05) is 34.9 Å². The Kier molecular flexibility index (Phi) is 5.54. The summed E-state index contributed by atoms with van der Waals surface area (Å²) in [5, 5.41) is 2.20. The summed E-state index contributed by atoms with van der Waals surface area (Å²) in [4.78, 5) is 6.77. The standard InChI is InChI=1S/C10H13ClF3N3OS/c1-6(19(2)18)3-4-15-8-5-7(10(12,13)14)16-9(11)17-8/h5-6H,3-4H2,1-2H3,(H,15,16,17). The fourth-order valence-corrected chi connectivity index (χ4v) is 1.85. The van der Waals surface area contributed by atoms with Gasteiger partial charge in [0.05, 0.1) is 0 Å². The Morgan fingerprint density at radius 1 is 1.47 bits per heavy atom. The summed E-state index contributed by atoms with van der Waals surface area (Å²) >= 11 is 5.44. The zero-order valence-electron chi connectivity index (χ0n) is 10.3. The molecule has 4 nitrogen and oxygen atoms in total. The molecule has 0 radical (unpaired) electrons. The Labute approximate surface area is 116 Å². The summed E-state index contributed by atoms with van der Waals surface area (Å²) in [6.07, 6.45) is -2.44. The molecule has 0 aliphatic rings. The molecule has 108 valence electrons. The fraction of sp³-hybridized carbons (Fsp3) is 0.600. The van der Waals surface area contributed by atoms with E-state index in [2.05, 4.69) is 15.3 Å². The Bertz CT molecular complexity index is 470. The lowest BCUT2D eigenvalue weighted by Crippen LogP contribution is -2.16. The normalized spacial score (nSPS) is 15.1. The van der Waals surface area contributed by atoms with Gasteiger partial charge in [0.25, 0.3) is 0 Å². The maximum atomic E-state index is 12.5. The molecule has 0 amide bonds. The van der Waals surface area contributed by atoms with Gasteiger partial charge in [0.2, 0.25) is 5.28 Å². The molecule has 1 N–H and O–H groups in total. The van der Waals surface area contributed by atoms with Gasteiger partial charge in [-0.3, -0.25) is 4.21 Å². The van der Waals surface area contributed by atoms with E-state index >= 15 is 0 Å². The molecule has 9 heteroatoms. The number of hydrogen-bond acceptors (Lipinski definition) is 4. The second kappa shape index (κ2) is 6.51. The van der Waals surface area contributed by atoms with E-state index in [1.807, 2.05) is 0 Å². The van der Waals surface area contributed by atoms with Gasteiger partial charge in [-0.15, -0.1) is 0 Å². The van der Waals surface area contributed by atoms with Crippen LogP contribution in [0.4, 0.5) is 19.0 Å². The molecule has 0 aliphatic carbocycles. The molecule has 0 saturated heterocycles. The van der Waals surface area contributed by atoms with E-state index in [4.69, 9.17) is 11.6 Å². The van der Waals surface area contributed by atoms with Crippen molar-refractivity contribution >= 4 is 28.2 Å². The summed E-state index contributed by atoms with van der Waals surface area (Å²) < 4.78 is 48.6. The third-order valence-electron chi connectivity index (χ3n) is 2.41. The summed E-state index contributed by atoms with van der Waals surface area (Å²) in [6, 6.07) is 0.791. The van der Waals surface area contributed by atoms with Crippen molar-refractivity contribution in [1.29, 1.82) is 0 Å². The number of aromatic nitrogens is 2. The minimum atomic E-state index is -4.57. The van der Waals surface area contributed by atoms with Crippen LogP contribution in [0.25, 0.3) is 0 Å². The van der Waals surface area contributed by atoms with E-state index in [0.717, 1.165) is 6.07 Å². The smallest absolute Gasteiger partial charge is 0.370 e. The number of nitrogens with zero attached hydrogens (tertiary/aromatic N) is 2. The Morgan fingerprint density at radius 3 is 2.63 bits per heavy atom. The lowest BCUT2D eigenvalue weighted by molar-refractivity contribution is -0.141. The van der Waals surface area contributed by atoms with Gasteiger partial charge in [0.15, 0.2) is 5.69 Å². The summed E-state index contributed by atoms with van der Waals surface area (Å²) in [6.45, 7) is 2.15. The first-order chi connectivity index (χ1) is 8.70. The highest BCUT2D eigenvalue weighted by atomic mass is 35.5. The van der Waals surface area contributed by atoms with Gasteiger partial charge in [-0.25, -0.2) is 9.97 Å². The first-order valence-electron chi connectivity index (χ1n) is 5.38. The predicted molar refractivity (Wildman–Crippen MR) is 68.7 cm³/mol. The number of halogens is 4. The minimum absolute atomic E-state index is 0.00131. The fourth-order valence-electron chi connectivity index (χ4n) is 1.22. The molecular formula is C10H13ClF3N3OS. The number of anilines is 1. The van der Waals surface area contributed by atoms with Crippen LogP contribution in [0.5, 0.6) is 0 Å². The third-order valence-corrected chi connectivity index (χ3v) is 3.95. The lowest BCUT2D eigenvalue weighted by Gasteiger charge is -2.11. The summed E-state index contributed by atoms with van der Waals surface area (Å²) in [7, 11) is -0.970. The average molecular weight is 316 g/mol. The SMILES string of the molecule is CC(CCNc1cc(C(F)(F)F)nc(Cl)n1)S(C)=O. The van der Waals surface area contributed by atoms with E-state index in [0.29, 0.717) is 13.0 Å². The third kappa shape index (κ3) is 5.32. The number of rotatable bonds is 5. The molecule has 0 fully saturated rings. The molecule has 19 heavy (non-hydrogen) atoms. The Hall–Kier alpha value is -0.890. The van der Waals surface area contributed by atoms with Gasteiger partial charge in [-0.1, -0.05) is 6.92 Å². The maximum absolute atomic E-state index is 12.5. The van der Waals surface area contributed by atoms with Crippen LogP contribution in [-0.4, -0.2) is 32.2 Å². The van der Waals surface area contributed by atoms with Crippen molar-refractivity contribution in [2.24, 2.45) is 0 Å². The Balaban J connectivity index is 2.69. The van der Waals surface area contributed by atoms with Gasteiger partial charge >= 0.3 is 6.18 Å². The van der Waals surface area contributed by atoms with Crippen LogP contribution in [0.1, 0.15) is 19.0 Å². The van der Waals surface area contributed by atoms with Gasteiger partial charge in [0.1, 0.15) is 5.82 Å². The number of hydrogen-bond donors (Lipinski definition) is 1. The first kappa shape index (κ1) is 16.2. The van der Waals surface area contributed by atoms with Crippen LogP contribution in [-0.2, 0) is 17.0 Å². The average Bonchev–Trinajstić information content (AvgIpc) is 2.26. The highest BCUT2D eigenvalue weighted by Crippen LogP contribution is 2.29. The monoisotopic (exact) mass is 315 g/mol. The maximum Gasteiger partial charge on any atom is 0.433 e. The van der Waals surface area contributed by atoms with Crippen LogP contribution in [0.3, 0.4) is 0 Å². The van der Waals surface area contributed by atoms with Crippen LogP contribution in [0.2, 0.25) is 5.28 Å². The number of nitrogens with one attached hydrogen (secondary N) is 1. The molecule has 0 aromatic carbocycles. The summed E-state index contributed by atoms with van der Waals surface area (Å²) in [5.74, 6) is 0.00131. The van der Waals surface area contributed by atoms with Crippen LogP contribution in [0, 0.1) is 0 Å². The molecule has 2 unspecified atom stereocenters. The van der Waals surface area contributed by atoms with Crippen molar-refractivity contribution < 1.29 is 17.4 Å². The van der Waals surface area contributed by atoms with Crippen molar-refractivity contribution in [2.45, 2.75) is 24.8 Å². The second-order valence-corrected chi connectivity index (χ2v) is 6.07. The van der Waals surface area contributed by atoms with E-state index in [9.17, 15) is 17.4 Å². The van der Waals surface area contributed by atoms with E-state index in [1.54, 1.807) is 13.2 Å². The van der Waals surface area contributed by atoms with Crippen molar-refractivity contribution in [2.75, 3.05) is 18.1 Å². The topological polar surface area (TPSA) is 54.9 Å². The molecule has 1 rings (SSSR count). The zero-order chi connectivity index (χ0) is 14.6. The predicted octanol–water partition coefficient (Wildman–Crippen LogP) is 2.72. The molecule has 0 aliphatic heterocycles. The molecule has 2 atom stereocenters. The molecule has 1 aromatic rings. The molecule has 0 saturated carbocycles.